The summed E-state index contributed by atoms with van der Waals surface area (Å²) in [5.74, 6) is 0.590. The van der Waals surface area contributed by atoms with Crippen molar-refractivity contribution >= 4 is 0 Å². The Balaban J connectivity index is 0.000000486. The quantitative estimate of drug-likeness (QED) is 0.337. The number of rotatable bonds is 10. The Morgan fingerprint density at radius 1 is 0.810 bits per heavy atom. The molecule has 1 atom stereocenters. The van der Waals surface area contributed by atoms with Crippen LogP contribution in [0.2, 0.25) is 0 Å². The Bertz CT molecular complexity index is 303. The van der Waals surface area contributed by atoms with Crippen LogP contribution < -0.4 is 4.74 Å². The molecule has 7 heteroatoms. The van der Waals surface area contributed by atoms with Gasteiger partial charge in [-0.15, -0.1) is 0 Å². The summed E-state index contributed by atoms with van der Waals surface area (Å²) in [4.78, 5) is 0. The van der Waals surface area contributed by atoms with Gasteiger partial charge >= 0.3 is 0 Å². The molecule has 0 aliphatic heterocycles. The van der Waals surface area contributed by atoms with Crippen LogP contribution in [0.5, 0.6) is 5.75 Å². The van der Waals surface area contributed by atoms with Gasteiger partial charge < -0.3 is 34.6 Å². The van der Waals surface area contributed by atoms with Gasteiger partial charge in [-0.05, 0) is 12.1 Å². The van der Waals surface area contributed by atoms with E-state index >= 15 is 0 Å². The van der Waals surface area contributed by atoms with Gasteiger partial charge in [0.05, 0.1) is 39.6 Å². The second-order valence-electron chi connectivity index (χ2n) is 3.74. The average molecular weight is 304 g/mol. The maximum absolute atomic E-state index is 9.30. The van der Waals surface area contributed by atoms with E-state index in [1.807, 2.05) is 18.2 Å². The molecule has 4 N–H and O–H groups in total. The molecule has 0 bridgehead atoms. The van der Waals surface area contributed by atoms with E-state index in [2.05, 4.69) is 4.74 Å². The van der Waals surface area contributed by atoms with Crippen molar-refractivity contribution in [1.29, 1.82) is 0 Å². The number of hydrogen-bond donors (Lipinski definition) is 4. The van der Waals surface area contributed by atoms with E-state index in [4.69, 9.17) is 24.8 Å². The highest BCUT2D eigenvalue weighted by molar-refractivity contribution is 5.20. The molecule has 0 radical (unpaired) electrons. The first-order valence-electron chi connectivity index (χ1n) is 6.62. The van der Waals surface area contributed by atoms with E-state index in [1.54, 1.807) is 12.1 Å². The van der Waals surface area contributed by atoms with Crippen LogP contribution >= 0.6 is 0 Å². The fraction of sp³-hybridized carbons (Fsp3) is 0.571. The fourth-order valence-electron chi connectivity index (χ4n) is 1.17. The summed E-state index contributed by atoms with van der Waals surface area (Å²) < 4.78 is 14.6. The van der Waals surface area contributed by atoms with E-state index in [1.165, 1.54) is 0 Å². The molecule has 0 saturated carbocycles. The summed E-state index contributed by atoms with van der Waals surface area (Å²) in [7, 11) is 0. The molecule has 1 aromatic carbocycles. The lowest BCUT2D eigenvalue weighted by Gasteiger charge is -2.12. The van der Waals surface area contributed by atoms with Crippen LogP contribution in [0.4, 0.5) is 0 Å². The van der Waals surface area contributed by atoms with Gasteiger partial charge in [-0.2, -0.15) is 0 Å². The van der Waals surface area contributed by atoms with Crippen LogP contribution in [0.15, 0.2) is 30.3 Å². The molecule has 21 heavy (non-hydrogen) atoms. The number of aliphatic hydroxyl groups is 4. The predicted octanol–water partition coefficient (Wildman–Crippen LogP) is -0.620. The van der Waals surface area contributed by atoms with Crippen LogP contribution in [-0.4, -0.2) is 73.0 Å². The van der Waals surface area contributed by atoms with Crippen LogP contribution in [-0.2, 0) is 9.47 Å². The highest BCUT2D eigenvalue weighted by Gasteiger charge is 2.04. The van der Waals surface area contributed by atoms with Gasteiger partial charge in [0, 0.05) is 0 Å². The van der Waals surface area contributed by atoms with Crippen molar-refractivity contribution in [2.75, 3.05) is 46.2 Å². The summed E-state index contributed by atoms with van der Waals surface area (Å²) >= 11 is 0. The highest BCUT2D eigenvalue weighted by atomic mass is 16.6. The third kappa shape index (κ3) is 13.5. The number of benzene rings is 1. The predicted molar refractivity (Wildman–Crippen MR) is 76.0 cm³/mol. The van der Waals surface area contributed by atoms with Crippen molar-refractivity contribution in [1.82, 2.24) is 0 Å². The molecule has 122 valence electrons. The lowest BCUT2D eigenvalue weighted by atomic mass is 10.3. The zero-order valence-electron chi connectivity index (χ0n) is 11.9. The van der Waals surface area contributed by atoms with Crippen molar-refractivity contribution in [2.24, 2.45) is 0 Å². The first kappa shape index (κ1) is 19.8. The van der Waals surface area contributed by atoms with Crippen molar-refractivity contribution in [3.63, 3.8) is 0 Å². The topological polar surface area (TPSA) is 109 Å². The Labute approximate surface area is 124 Å². The second kappa shape index (κ2) is 15.2. The standard InChI is InChI=1S/C10H14O4.C4H10O3/c11-6-7-13-8-10(12)14-9-4-2-1-3-5-9;5-1-3-7-4-2-6/h1-5,10-12H,6-8H2;5-6H,1-4H2. The van der Waals surface area contributed by atoms with Gasteiger partial charge in [-0.3, -0.25) is 0 Å². The Morgan fingerprint density at radius 2 is 1.33 bits per heavy atom. The molecule has 0 heterocycles. The lowest BCUT2D eigenvalue weighted by Crippen LogP contribution is -2.23. The monoisotopic (exact) mass is 304 g/mol. The smallest absolute Gasteiger partial charge is 0.221 e. The van der Waals surface area contributed by atoms with Crippen molar-refractivity contribution in [3.8, 4) is 5.75 Å². The number of para-hydroxylation sites is 1. The molecular weight excluding hydrogens is 280 g/mol. The third-order valence-electron chi connectivity index (χ3n) is 1.98. The molecule has 0 aliphatic carbocycles. The van der Waals surface area contributed by atoms with Gasteiger partial charge in [0.25, 0.3) is 0 Å². The molecule has 0 saturated heterocycles. The number of aliphatic hydroxyl groups excluding tert-OH is 4. The van der Waals surface area contributed by atoms with E-state index in [0.717, 1.165) is 0 Å². The highest BCUT2D eigenvalue weighted by Crippen LogP contribution is 2.09. The average Bonchev–Trinajstić information content (AvgIpc) is 2.50. The first-order chi connectivity index (χ1) is 10.2. The molecule has 7 nitrogen and oxygen atoms in total. The van der Waals surface area contributed by atoms with Crippen molar-refractivity contribution in [2.45, 2.75) is 6.29 Å². The lowest BCUT2D eigenvalue weighted by molar-refractivity contribution is -0.0809. The molecule has 0 aliphatic rings. The zero-order valence-corrected chi connectivity index (χ0v) is 11.9. The Morgan fingerprint density at radius 3 is 1.86 bits per heavy atom. The maximum Gasteiger partial charge on any atom is 0.221 e. The number of hydrogen-bond acceptors (Lipinski definition) is 7. The van der Waals surface area contributed by atoms with Gasteiger partial charge in [-0.1, -0.05) is 18.2 Å². The first-order valence-corrected chi connectivity index (χ1v) is 6.62. The molecule has 0 aromatic heterocycles. The van der Waals surface area contributed by atoms with E-state index < -0.39 is 6.29 Å². The van der Waals surface area contributed by atoms with Crippen LogP contribution in [0.3, 0.4) is 0 Å². The molecule has 1 rings (SSSR count). The minimum Gasteiger partial charge on any atom is -0.463 e. The Hall–Kier alpha value is -1.22. The summed E-state index contributed by atoms with van der Waals surface area (Å²) in [6.07, 6.45) is -0.996. The SMILES string of the molecule is OCCOCC(O)Oc1ccccc1.OCCOCCO. The van der Waals surface area contributed by atoms with Crippen LogP contribution in [0, 0.1) is 0 Å². The minimum atomic E-state index is -0.996. The third-order valence-corrected chi connectivity index (χ3v) is 1.98. The fourth-order valence-corrected chi connectivity index (χ4v) is 1.17. The largest absolute Gasteiger partial charge is 0.463 e. The summed E-state index contributed by atoms with van der Waals surface area (Å²) in [6.45, 7) is 0.893. The summed E-state index contributed by atoms with van der Waals surface area (Å²) in [6, 6.07) is 8.99. The summed E-state index contributed by atoms with van der Waals surface area (Å²) in [5.41, 5.74) is 0. The van der Waals surface area contributed by atoms with Gasteiger partial charge in [0.1, 0.15) is 12.4 Å². The second-order valence-corrected chi connectivity index (χ2v) is 3.74. The number of ether oxygens (including phenoxy) is 3. The van der Waals surface area contributed by atoms with Crippen LogP contribution in [0.1, 0.15) is 0 Å². The minimum absolute atomic E-state index is 0.0278. The molecule has 1 aromatic rings. The van der Waals surface area contributed by atoms with E-state index in [0.29, 0.717) is 19.0 Å². The molecule has 0 spiro atoms. The van der Waals surface area contributed by atoms with Crippen molar-refractivity contribution in [3.05, 3.63) is 30.3 Å². The van der Waals surface area contributed by atoms with Crippen molar-refractivity contribution < 1.29 is 34.6 Å². The van der Waals surface area contributed by atoms with Crippen LogP contribution in [0.25, 0.3) is 0 Å². The van der Waals surface area contributed by atoms with E-state index in [9.17, 15) is 5.11 Å². The van der Waals surface area contributed by atoms with E-state index in [-0.39, 0.29) is 33.0 Å². The Kier molecular flexibility index (Phi) is 14.3. The van der Waals surface area contributed by atoms with Gasteiger partial charge in [0.15, 0.2) is 0 Å². The normalized spacial score (nSPS) is 11.4. The zero-order chi connectivity index (χ0) is 15.8. The summed E-state index contributed by atoms with van der Waals surface area (Å²) in [5, 5.41) is 33.9. The van der Waals surface area contributed by atoms with Gasteiger partial charge in [0.2, 0.25) is 6.29 Å². The molecule has 1 unspecified atom stereocenters. The maximum atomic E-state index is 9.30. The molecule has 0 amide bonds. The van der Waals surface area contributed by atoms with Gasteiger partial charge in [-0.25, -0.2) is 0 Å². The molecular formula is C14H24O7. The molecule has 0 fully saturated rings.